The predicted molar refractivity (Wildman–Crippen MR) is 183 cm³/mol. The minimum absolute atomic E-state index is 0. The summed E-state index contributed by atoms with van der Waals surface area (Å²) in [6.45, 7) is 11.1. The maximum Gasteiger partial charge on any atom is 0.130 e. The molecule has 0 aliphatic carbocycles. The second-order valence-corrected chi connectivity index (χ2v) is 13.7. The zero-order valence-corrected chi connectivity index (χ0v) is 31.2. The van der Waals surface area contributed by atoms with Crippen LogP contribution in [0.3, 0.4) is 0 Å². The van der Waals surface area contributed by atoms with Crippen molar-refractivity contribution in [3.8, 4) is 0 Å². The molecule has 0 heterocycles. The first-order valence-corrected chi connectivity index (χ1v) is 18.7. The number of quaternary nitrogens is 1. The number of nitrogens with zero attached hydrogens (tertiary/aromatic N) is 1. The van der Waals surface area contributed by atoms with E-state index in [1.165, 1.54) is 154 Å². The molecule has 0 aromatic heterocycles. The normalized spacial score (nSPS) is 13.3. The molecule has 0 aliphatic heterocycles. The minimum atomic E-state index is 0. The number of halogens is 1. The zero-order valence-electron chi connectivity index (χ0n) is 29.6. The molecular weight excluding hydrogens is 584 g/mol. The van der Waals surface area contributed by atoms with Crippen molar-refractivity contribution >= 4 is 0 Å². The van der Waals surface area contributed by atoms with Crippen LogP contribution in [-0.4, -0.2) is 63.6 Å². The number of unbranched alkanes of at least 4 members (excludes halogenated alkanes) is 22. The van der Waals surface area contributed by atoms with Gasteiger partial charge in [-0.2, -0.15) is 0 Å². The first-order chi connectivity index (χ1) is 20.0. The third kappa shape index (κ3) is 30.4. The Morgan fingerprint density at radius 1 is 0.548 bits per heavy atom. The van der Waals surface area contributed by atoms with Gasteiger partial charge in [0.2, 0.25) is 0 Å². The number of rotatable bonds is 34. The molecule has 42 heavy (non-hydrogen) atoms. The summed E-state index contributed by atoms with van der Waals surface area (Å²) in [6, 6.07) is 0.536. The van der Waals surface area contributed by atoms with E-state index in [2.05, 4.69) is 34.9 Å². The Hall–Kier alpha value is 0.320. The molecule has 2 N–H and O–H groups in total. The molecule has 0 saturated heterocycles. The standard InChI is InChI=1S/C37H79N2O2.BrH/c1-6-8-10-12-14-16-18-20-22-24-26-28-32-40-35-37(34-39(4,5)36(3)30-31-38)41-33-29-27-25-23-21-19-17-15-13-11-9-7-2;/h36-37H,6-35,38H2,1-5H3;1H/q+1;/p-1. The smallest absolute Gasteiger partial charge is 0.130 e. The van der Waals surface area contributed by atoms with Gasteiger partial charge in [-0.05, 0) is 26.3 Å². The Morgan fingerprint density at radius 2 is 0.905 bits per heavy atom. The van der Waals surface area contributed by atoms with Crippen molar-refractivity contribution in [1.29, 1.82) is 0 Å². The van der Waals surface area contributed by atoms with Crippen molar-refractivity contribution in [1.82, 2.24) is 0 Å². The molecular formula is C37H79BrN2O2. The van der Waals surface area contributed by atoms with E-state index < -0.39 is 0 Å². The van der Waals surface area contributed by atoms with Gasteiger partial charge in [0.15, 0.2) is 0 Å². The van der Waals surface area contributed by atoms with Crippen LogP contribution in [0.2, 0.25) is 0 Å². The maximum absolute atomic E-state index is 6.44. The van der Waals surface area contributed by atoms with Crippen molar-refractivity contribution in [3.05, 3.63) is 0 Å². The molecule has 0 radical (unpaired) electrons. The van der Waals surface area contributed by atoms with Crippen LogP contribution in [0.1, 0.15) is 181 Å². The second kappa shape index (κ2) is 34.2. The lowest BCUT2D eigenvalue weighted by Crippen LogP contribution is -3.00. The van der Waals surface area contributed by atoms with Gasteiger partial charge in [0.05, 0.1) is 26.7 Å². The lowest BCUT2D eigenvalue weighted by atomic mass is 10.1. The fourth-order valence-electron chi connectivity index (χ4n) is 5.90. The van der Waals surface area contributed by atoms with Crippen LogP contribution in [0.4, 0.5) is 0 Å². The van der Waals surface area contributed by atoms with Gasteiger partial charge in [0.25, 0.3) is 0 Å². The predicted octanol–water partition coefficient (Wildman–Crippen LogP) is 7.61. The van der Waals surface area contributed by atoms with Crippen LogP contribution in [0.25, 0.3) is 0 Å². The molecule has 0 spiro atoms. The summed E-state index contributed by atoms with van der Waals surface area (Å²) >= 11 is 0. The van der Waals surface area contributed by atoms with E-state index in [1.54, 1.807) is 0 Å². The molecule has 256 valence electrons. The highest BCUT2D eigenvalue weighted by Gasteiger charge is 2.28. The molecule has 2 unspecified atom stereocenters. The third-order valence-corrected chi connectivity index (χ3v) is 9.25. The summed E-state index contributed by atoms with van der Waals surface area (Å²) < 4.78 is 13.6. The summed E-state index contributed by atoms with van der Waals surface area (Å²) in [5, 5.41) is 0. The lowest BCUT2D eigenvalue weighted by Gasteiger charge is -2.38. The van der Waals surface area contributed by atoms with Gasteiger partial charge in [-0.3, -0.25) is 0 Å². The molecule has 0 amide bonds. The Balaban J connectivity index is 0. The summed E-state index contributed by atoms with van der Waals surface area (Å²) in [6.07, 6.45) is 34.4. The highest BCUT2D eigenvalue weighted by atomic mass is 79.9. The first-order valence-electron chi connectivity index (χ1n) is 18.7. The van der Waals surface area contributed by atoms with Crippen molar-refractivity contribution in [2.45, 2.75) is 193 Å². The van der Waals surface area contributed by atoms with Crippen LogP contribution in [-0.2, 0) is 9.47 Å². The van der Waals surface area contributed by atoms with Crippen molar-refractivity contribution in [3.63, 3.8) is 0 Å². The van der Waals surface area contributed by atoms with Gasteiger partial charge in [-0.15, -0.1) is 0 Å². The monoisotopic (exact) mass is 663 g/mol. The molecule has 0 bridgehead atoms. The van der Waals surface area contributed by atoms with Crippen LogP contribution in [0.5, 0.6) is 0 Å². The van der Waals surface area contributed by atoms with E-state index >= 15 is 0 Å². The molecule has 0 rings (SSSR count). The Kier molecular flexibility index (Phi) is 36.2. The number of ether oxygens (including phenoxy) is 2. The zero-order chi connectivity index (χ0) is 30.3. The van der Waals surface area contributed by atoms with Crippen LogP contribution < -0.4 is 22.7 Å². The van der Waals surface area contributed by atoms with Gasteiger partial charge in [0.1, 0.15) is 12.6 Å². The van der Waals surface area contributed by atoms with E-state index in [1.807, 2.05) is 0 Å². The Bertz CT molecular complexity index is 506. The van der Waals surface area contributed by atoms with Gasteiger partial charge < -0.3 is 36.7 Å². The average molecular weight is 664 g/mol. The quantitative estimate of drug-likeness (QED) is 0.0570. The van der Waals surface area contributed by atoms with Crippen LogP contribution in [0, 0.1) is 0 Å². The van der Waals surface area contributed by atoms with Crippen molar-refractivity contribution < 1.29 is 30.9 Å². The molecule has 0 aliphatic rings. The summed E-state index contributed by atoms with van der Waals surface area (Å²) in [7, 11) is 4.65. The van der Waals surface area contributed by atoms with Gasteiger partial charge >= 0.3 is 0 Å². The Labute approximate surface area is 276 Å². The SMILES string of the molecule is CCCCCCCCCCCCCCOCC(C[N+](C)(C)C(C)CCN)OCCCCCCCCCCCCCC.[Br-]. The van der Waals surface area contributed by atoms with Crippen LogP contribution >= 0.6 is 0 Å². The largest absolute Gasteiger partial charge is 1.00 e. The van der Waals surface area contributed by atoms with E-state index in [9.17, 15) is 0 Å². The average Bonchev–Trinajstić information content (AvgIpc) is 2.95. The maximum atomic E-state index is 6.44. The van der Waals surface area contributed by atoms with Gasteiger partial charge in [-0.1, -0.05) is 155 Å². The molecule has 0 saturated carbocycles. The lowest BCUT2D eigenvalue weighted by molar-refractivity contribution is -0.916. The minimum Gasteiger partial charge on any atom is -1.00 e. The highest BCUT2D eigenvalue weighted by molar-refractivity contribution is 4.61. The number of hydrogen-bond donors (Lipinski definition) is 1. The molecule has 2 atom stereocenters. The van der Waals surface area contributed by atoms with E-state index in [-0.39, 0.29) is 23.1 Å². The molecule has 0 aromatic rings. The molecule has 5 heteroatoms. The molecule has 0 aromatic carbocycles. The van der Waals surface area contributed by atoms with E-state index in [0.29, 0.717) is 6.04 Å². The number of likely N-dealkylation sites (N-methyl/N-ethyl adjacent to an activating group) is 1. The van der Waals surface area contributed by atoms with Crippen LogP contribution in [0.15, 0.2) is 0 Å². The van der Waals surface area contributed by atoms with Crippen molar-refractivity contribution in [2.75, 3.05) is 47.0 Å². The second-order valence-electron chi connectivity index (χ2n) is 13.7. The molecule has 4 nitrogen and oxygen atoms in total. The number of nitrogens with two attached hydrogens (primary N) is 1. The van der Waals surface area contributed by atoms with Crippen molar-refractivity contribution in [2.24, 2.45) is 5.73 Å². The summed E-state index contributed by atoms with van der Waals surface area (Å²) in [5.74, 6) is 0. The van der Waals surface area contributed by atoms with E-state index in [0.717, 1.165) is 43.8 Å². The summed E-state index contributed by atoms with van der Waals surface area (Å²) in [4.78, 5) is 0. The highest BCUT2D eigenvalue weighted by Crippen LogP contribution is 2.16. The summed E-state index contributed by atoms with van der Waals surface area (Å²) in [5.41, 5.74) is 5.87. The fraction of sp³-hybridized carbons (Fsp3) is 1.00. The number of hydrogen-bond acceptors (Lipinski definition) is 3. The molecule has 0 fully saturated rings. The third-order valence-electron chi connectivity index (χ3n) is 9.25. The Morgan fingerprint density at radius 3 is 1.29 bits per heavy atom. The van der Waals surface area contributed by atoms with E-state index in [4.69, 9.17) is 15.2 Å². The van der Waals surface area contributed by atoms with Gasteiger partial charge in [-0.25, -0.2) is 0 Å². The topological polar surface area (TPSA) is 44.5 Å². The van der Waals surface area contributed by atoms with Gasteiger partial charge in [0, 0.05) is 19.6 Å². The fourth-order valence-corrected chi connectivity index (χ4v) is 5.90. The first kappa shape index (κ1) is 44.4.